The lowest BCUT2D eigenvalue weighted by Crippen LogP contribution is -2.45. The van der Waals surface area contributed by atoms with Gasteiger partial charge in [0.25, 0.3) is 5.91 Å². The highest BCUT2D eigenvalue weighted by molar-refractivity contribution is 6.31. The Kier molecular flexibility index (Phi) is 6.98. The highest BCUT2D eigenvalue weighted by Crippen LogP contribution is 2.19. The van der Waals surface area contributed by atoms with Crippen molar-refractivity contribution in [3.05, 3.63) is 70.7 Å². The monoisotopic (exact) mass is 361 g/mol. The molecule has 25 heavy (non-hydrogen) atoms. The van der Waals surface area contributed by atoms with Crippen molar-refractivity contribution in [3.8, 4) is 0 Å². The van der Waals surface area contributed by atoms with Crippen LogP contribution in [0.25, 0.3) is 0 Å². The first-order valence-electron chi connectivity index (χ1n) is 7.76. The minimum Gasteiger partial charge on any atom is -0.467 e. The summed E-state index contributed by atoms with van der Waals surface area (Å²) in [5, 5.41) is 3.22. The predicted octanol–water partition coefficient (Wildman–Crippen LogP) is 2.93. The molecule has 1 amide bonds. The van der Waals surface area contributed by atoms with Gasteiger partial charge in [-0.2, -0.15) is 0 Å². The van der Waals surface area contributed by atoms with Crippen LogP contribution in [0.2, 0.25) is 5.02 Å². The number of carbonyl (C=O) groups is 2. The number of carbonyl (C=O) groups excluding carboxylic acids is 2. The Hall–Kier alpha value is -2.37. The highest BCUT2D eigenvalue weighted by atomic mass is 35.5. The molecular formula is C19H20ClNO4. The molecule has 5 nitrogen and oxygen atoms in total. The average molecular weight is 362 g/mol. The van der Waals surface area contributed by atoms with E-state index < -0.39 is 24.0 Å². The lowest BCUT2D eigenvalue weighted by atomic mass is 10.0. The minimum atomic E-state index is -0.862. The zero-order chi connectivity index (χ0) is 18.2. The van der Waals surface area contributed by atoms with E-state index in [1.165, 1.54) is 14.2 Å². The second-order valence-electron chi connectivity index (χ2n) is 5.41. The molecule has 0 radical (unpaired) electrons. The lowest BCUT2D eigenvalue weighted by Gasteiger charge is -2.21. The summed E-state index contributed by atoms with van der Waals surface area (Å²) in [4.78, 5) is 24.7. The average Bonchev–Trinajstić information content (AvgIpc) is 2.63. The summed E-state index contributed by atoms with van der Waals surface area (Å²) in [7, 11) is 2.72. The SMILES string of the molecule is COC(=O)[C@H](Cc1ccccc1Cl)NC(=O)[C@@H](OC)c1ccccc1. The molecule has 2 aromatic carbocycles. The van der Waals surface area contributed by atoms with Crippen molar-refractivity contribution in [2.75, 3.05) is 14.2 Å². The molecule has 0 aliphatic rings. The van der Waals surface area contributed by atoms with Crippen LogP contribution < -0.4 is 5.32 Å². The van der Waals surface area contributed by atoms with Crippen LogP contribution in [0.3, 0.4) is 0 Å². The first-order chi connectivity index (χ1) is 12.1. The second-order valence-corrected chi connectivity index (χ2v) is 5.81. The van der Waals surface area contributed by atoms with Crippen LogP contribution in [-0.4, -0.2) is 32.1 Å². The molecule has 0 saturated carbocycles. The highest BCUT2D eigenvalue weighted by Gasteiger charge is 2.27. The molecule has 132 valence electrons. The molecule has 0 spiro atoms. The Labute approximate surface area is 151 Å². The summed E-state index contributed by atoms with van der Waals surface area (Å²) in [6.45, 7) is 0. The number of benzene rings is 2. The number of ether oxygens (including phenoxy) is 2. The maximum absolute atomic E-state index is 12.6. The smallest absolute Gasteiger partial charge is 0.328 e. The van der Waals surface area contributed by atoms with Gasteiger partial charge in [-0.1, -0.05) is 60.1 Å². The first kappa shape index (κ1) is 19.0. The molecule has 2 aromatic rings. The normalized spacial score (nSPS) is 12.9. The molecule has 0 unspecified atom stereocenters. The molecule has 0 fully saturated rings. The van der Waals surface area contributed by atoms with E-state index in [2.05, 4.69) is 5.32 Å². The van der Waals surface area contributed by atoms with E-state index in [4.69, 9.17) is 21.1 Å². The van der Waals surface area contributed by atoms with Crippen LogP contribution >= 0.6 is 11.6 Å². The largest absolute Gasteiger partial charge is 0.467 e. The Morgan fingerprint density at radius 1 is 1.04 bits per heavy atom. The van der Waals surface area contributed by atoms with Crippen LogP contribution in [0.15, 0.2) is 54.6 Å². The van der Waals surface area contributed by atoms with Crippen molar-refractivity contribution in [1.82, 2.24) is 5.32 Å². The van der Waals surface area contributed by atoms with Crippen LogP contribution in [0.4, 0.5) is 0 Å². The van der Waals surface area contributed by atoms with Crippen LogP contribution in [0.5, 0.6) is 0 Å². The van der Waals surface area contributed by atoms with Gasteiger partial charge in [0.1, 0.15) is 6.04 Å². The van der Waals surface area contributed by atoms with Crippen molar-refractivity contribution in [1.29, 1.82) is 0 Å². The third-order valence-corrected chi connectivity index (χ3v) is 4.13. The lowest BCUT2D eigenvalue weighted by molar-refractivity contribution is -0.146. The molecule has 0 bridgehead atoms. The minimum absolute atomic E-state index is 0.226. The maximum Gasteiger partial charge on any atom is 0.328 e. The Morgan fingerprint density at radius 2 is 1.68 bits per heavy atom. The molecule has 2 atom stereocenters. The fraction of sp³-hybridized carbons (Fsp3) is 0.263. The van der Waals surface area contributed by atoms with Crippen molar-refractivity contribution < 1.29 is 19.1 Å². The molecular weight excluding hydrogens is 342 g/mol. The van der Waals surface area contributed by atoms with Gasteiger partial charge in [-0.3, -0.25) is 4.79 Å². The van der Waals surface area contributed by atoms with Crippen molar-refractivity contribution in [2.24, 2.45) is 0 Å². The molecule has 0 aromatic heterocycles. The quantitative estimate of drug-likeness (QED) is 0.770. The number of rotatable bonds is 7. The van der Waals surface area contributed by atoms with Crippen molar-refractivity contribution >= 4 is 23.5 Å². The number of hydrogen-bond donors (Lipinski definition) is 1. The fourth-order valence-corrected chi connectivity index (χ4v) is 2.70. The third-order valence-electron chi connectivity index (χ3n) is 3.76. The topological polar surface area (TPSA) is 64.6 Å². The molecule has 0 aliphatic carbocycles. The summed E-state index contributed by atoms with van der Waals surface area (Å²) in [5.41, 5.74) is 1.44. The van der Waals surface area contributed by atoms with E-state index >= 15 is 0 Å². The summed E-state index contributed by atoms with van der Waals surface area (Å²) < 4.78 is 10.1. The number of halogens is 1. The van der Waals surface area contributed by atoms with E-state index in [0.717, 1.165) is 5.56 Å². The molecule has 2 rings (SSSR count). The third kappa shape index (κ3) is 5.05. The van der Waals surface area contributed by atoms with Crippen molar-refractivity contribution in [2.45, 2.75) is 18.6 Å². The van der Waals surface area contributed by atoms with Gasteiger partial charge in [-0.05, 0) is 17.2 Å². The molecule has 1 N–H and O–H groups in total. The number of hydrogen-bond acceptors (Lipinski definition) is 4. The Morgan fingerprint density at radius 3 is 2.28 bits per heavy atom. The number of methoxy groups -OCH3 is 2. The van der Waals surface area contributed by atoms with Gasteiger partial charge in [-0.15, -0.1) is 0 Å². The van der Waals surface area contributed by atoms with Gasteiger partial charge < -0.3 is 14.8 Å². The maximum atomic E-state index is 12.6. The number of nitrogens with one attached hydrogen (secondary N) is 1. The first-order valence-corrected chi connectivity index (χ1v) is 8.14. The standard InChI is InChI=1S/C19H20ClNO4/c1-24-17(13-8-4-3-5-9-13)18(22)21-16(19(23)25-2)12-14-10-6-7-11-15(14)20/h3-11,16-17H,12H2,1-2H3,(H,21,22)/t16-,17-/m0/s1. The van der Waals surface area contributed by atoms with Crippen LogP contribution in [0.1, 0.15) is 17.2 Å². The van der Waals surface area contributed by atoms with Gasteiger partial charge in [0.05, 0.1) is 7.11 Å². The zero-order valence-electron chi connectivity index (χ0n) is 14.1. The summed E-state index contributed by atoms with van der Waals surface area (Å²) >= 11 is 6.15. The molecule has 0 heterocycles. The van der Waals surface area contributed by atoms with Gasteiger partial charge in [0.2, 0.25) is 0 Å². The molecule has 0 aliphatic heterocycles. The van der Waals surface area contributed by atoms with Crippen LogP contribution in [-0.2, 0) is 25.5 Å². The van der Waals surface area contributed by atoms with E-state index in [1.807, 2.05) is 24.3 Å². The van der Waals surface area contributed by atoms with Crippen molar-refractivity contribution in [3.63, 3.8) is 0 Å². The molecule has 0 saturated heterocycles. The summed E-state index contributed by atoms with van der Waals surface area (Å²) in [6, 6.07) is 15.3. The molecule has 6 heteroatoms. The van der Waals surface area contributed by atoms with Gasteiger partial charge in [-0.25, -0.2) is 4.79 Å². The number of esters is 1. The Bertz CT molecular complexity index is 720. The predicted molar refractivity (Wildman–Crippen MR) is 95.3 cm³/mol. The fourth-order valence-electron chi connectivity index (χ4n) is 2.49. The summed E-state index contributed by atoms with van der Waals surface area (Å²) in [5.74, 6) is -0.965. The van der Waals surface area contributed by atoms with Gasteiger partial charge >= 0.3 is 5.97 Å². The van der Waals surface area contributed by atoms with E-state index in [1.54, 1.807) is 30.3 Å². The zero-order valence-corrected chi connectivity index (χ0v) is 14.8. The van der Waals surface area contributed by atoms with E-state index in [-0.39, 0.29) is 6.42 Å². The number of amides is 1. The van der Waals surface area contributed by atoms with Gasteiger partial charge in [0, 0.05) is 18.6 Å². The second kappa shape index (κ2) is 9.20. The van der Waals surface area contributed by atoms with E-state index in [9.17, 15) is 9.59 Å². The van der Waals surface area contributed by atoms with Gasteiger partial charge in [0.15, 0.2) is 6.10 Å². The Balaban J connectivity index is 2.17. The van der Waals surface area contributed by atoms with Crippen LogP contribution in [0, 0.1) is 0 Å². The summed E-state index contributed by atoms with van der Waals surface area (Å²) in [6.07, 6.45) is -0.594. The van der Waals surface area contributed by atoms with E-state index in [0.29, 0.717) is 10.6 Å².